The maximum atomic E-state index is 12.6. The summed E-state index contributed by atoms with van der Waals surface area (Å²) in [6, 6.07) is 17.5. The zero-order valence-corrected chi connectivity index (χ0v) is 17.7. The molecule has 0 amide bonds. The van der Waals surface area contributed by atoms with Crippen molar-refractivity contribution in [3.8, 4) is 0 Å². The lowest BCUT2D eigenvalue weighted by Crippen LogP contribution is -2.41. The molecule has 0 bridgehead atoms. The summed E-state index contributed by atoms with van der Waals surface area (Å²) >= 11 is 0. The Hall–Kier alpha value is -2.74. The average Bonchev–Trinajstić information content (AvgIpc) is 3.24. The quantitative estimate of drug-likeness (QED) is 0.653. The van der Waals surface area contributed by atoms with E-state index in [0.29, 0.717) is 11.1 Å². The van der Waals surface area contributed by atoms with Gasteiger partial charge in [0.1, 0.15) is 24.9 Å². The molecule has 4 rings (SSSR count). The first kappa shape index (κ1) is 21.5. The van der Waals surface area contributed by atoms with Crippen LogP contribution in [0.3, 0.4) is 0 Å². The summed E-state index contributed by atoms with van der Waals surface area (Å²) < 4.78 is 29.1. The second-order valence-corrected chi connectivity index (χ2v) is 8.16. The van der Waals surface area contributed by atoms with Gasteiger partial charge in [-0.1, -0.05) is 36.4 Å². The molecular formula is C24H26O7. The highest BCUT2D eigenvalue weighted by molar-refractivity contribution is 5.89. The van der Waals surface area contributed by atoms with Crippen molar-refractivity contribution in [2.45, 2.75) is 51.2 Å². The predicted octanol–water partition coefficient (Wildman–Crippen LogP) is 3.58. The van der Waals surface area contributed by atoms with Crippen molar-refractivity contribution < 1.29 is 33.3 Å². The number of fused-ring (bicyclic) bond motifs is 1. The number of carbonyl (C=O) groups is 2. The summed E-state index contributed by atoms with van der Waals surface area (Å²) in [5.74, 6) is -2.07. The number of hydrogen-bond acceptors (Lipinski definition) is 7. The molecule has 2 aliphatic heterocycles. The molecule has 2 aromatic rings. The van der Waals surface area contributed by atoms with Gasteiger partial charge in [0, 0.05) is 0 Å². The SMILES string of the molecule is C[C@H](OC(=O)c1ccccc1)[C@H]1[C@H]2OC(C)(C)O[C@H]2O[C@@H]1COC(=O)c1ccccc1. The molecule has 2 saturated heterocycles. The van der Waals surface area contributed by atoms with Crippen LogP contribution in [0.5, 0.6) is 0 Å². The van der Waals surface area contributed by atoms with Gasteiger partial charge in [0.2, 0.25) is 0 Å². The van der Waals surface area contributed by atoms with Gasteiger partial charge in [-0.3, -0.25) is 0 Å². The largest absolute Gasteiger partial charge is 0.459 e. The lowest BCUT2D eigenvalue weighted by Gasteiger charge is -2.29. The fourth-order valence-electron chi connectivity index (χ4n) is 4.02. The van der Waals surface area contributed by atoms with E-state index in [4.69, 9.17) is 23.7 Å². The zero-order valence-electron chi connectivity index (χ0n) is 17.7. The van der Waals surface area contributed by atoms with Crippen molar-refractivity contribution in [1.29, 1.82) is 0 Å². The highest BCUT2D eigenvalue weighted by Crippen LogP contribution is 2.43. The van der Waals surface area contributed by atoms with Crippen LogP contribution in [0.4, 0.5) is 0 Å². The van der Waals surface area contributed by atoms with Crippen molar-refractivity contribution in [2.75, 3.05) is 6.61 Å². The van der Waals surface area contributed by atoms with E-state index in [-0.39, 0.29) is 12.5 Å². The van der Waals surface area contributed by atoms with Crippen molar-refractivity contribution >= 4 is 11.9 Å². The second-order valence-electron chi connectivity index (χ2n) is 8.16. The van der Waals surface area contributed by atoms with Crippen LogP contribution < -0.4 is 0 Å². The molecule has 31 heavy (non-hydrogen) atoms. The molecule has 7 heteroatoms. The van der Waals surface area contributed by atoms with E-state index in [1.165, 1.54) is 0 Å². The molecule has 0 radical (unpaired) electrons. The average molecular weight is 426 g/mol. The Bertz CT molecular complexity index is 912. The van der Waals surface area contributed by atoms with Crippen molar-refractivity contribution in [1.82, 2.24) is 0 Å². The van der Waals surface area contributed by atoms with E-state index >= 15 is 0 Å². The van der Waals surface area contributed by atoms with Crippen molar-refractivity contribution in [2.24, 2.45) is 5.92 Å². The molecule has 2 aliphatic rings. The fourth-order valence-corrected chi connectivity index (χ4v) is 4.02. The number of ether oxygens (including phenoxy) is 5. The molecule has 0 N–H and O–H groups in total. The molecule has 0 aliphatic carbocycles. The number of rotatable bonds is 6. The molecule has 0 saturated carbocycles. The van der Waals surface area contributed by atoms with Crippen molar-refractivity contribution in [3.63, 3.8) is 0 Å². The molecule has 2 fully saturated rings. The molecular weight excluding hydrogens is 400 g/mol. The van der Waals surface area contributed by atoms with Crippen LogP contribution in [0.1, 0.15) is 41.5 Å². The van der Waals surface area contributed by atoms with E-state index in [9.17, 15) is 9.59 Å². The van der Waals surface area contributed by atoms with Gasteiger partial charge in [0.25, 0.3) is 0 Å². The minimum absolute atomic E-state index is 0.00816. The Labute approximate surface area is 181 Å². The minimum Gasteiger partial charge on any atom is -0.459 e. The monoisotopic (exact) mass is 426 g/mol. The standard InChI is InChI=1S/C24H26O7/c1-15(28-22(26)17-12-8-5-9-13-17)19-18(29-23-20(19)30-24(2,3)31-23)14-27-21(25)16-10-6-4-7-11-16/h4-13,15,18-20,23H,14H2,1-3H3/t15-,18+,19+,20+,23+/m0/s1. The third-order valence-corrected chi connectivity index (χ3v) is 5.44. The first-order chi connectivity index (χ1) is 14.8. The van der Waals surface area contributed by atoms with E-state index in [1.807, 2.05) is 12.1 Å². The van der Waals surface area contributed by atoms with Crippen LogP contribution in [0.25, 0.3) is 0 Å². The summed E-state index contributed by atoms with van der Waals surface area (Å²) in [5, 5.41) is 0. The van der Waals surface area contributed by atoms with Gasteiger partial charge < -0.3 is 23.7 Å². The molecule has 0 unspecified atom stereocenters. The Morgan fingerprint density at radius 2 is 1.52 bits per heavy atom. The third kappa shape index (κ3) is 4.79. The van der Waals surface area contributed by atoms with Crippen LogP contribution in [-0.2, 0) is 23.7 Å². The normalized spacial score (nSPS) is 27.3. The minimum atomic E-state index is -0.817. The highest BCUT2D eigenvalue weighted by Gasteiger charge is 2.57. The van der Waals surface area contributed by atoms with Gasteiger partial charge in [0.15, 0.2) is 12.1 Å². The Morgan fingerprint density at radius 3 is 2.13 bits per heavy atom. The van der Waals surface area contributed by atoms with E-state index in [1.54, 1.807) is 69.3 Å². The first-order valence-electron chi connectivity index (χ1n) is 10.3. The summed E-state index contributed by atoms with van der Waals surface area (Å²) in [6.45, 7) is 5.39. The molecule has 164 valence electrons. The van der Waals surface area contributed by atoms with Gasteiger partial charge in [-0.05, 0) is 45.0 Å². The smallest absolute Gasteiger partial charge is 0.338 e. The summed E-state index contributed by atoms with van der Waals surface area (Å²) in [5.41, 5.74) is 0.912. The van der Waals surface area contributed by atoms with E-state index in [2.05, 4.69) is 0 Å². The van der Waals surface area contributed by atoms with E-state index < -0.39 is 42.3 Å². The van der Waals surface area contributed by atoms with Crippen LogP contribution in [-0.4, -0.2) is 48.9 Å². The molecule has 7 nitrogen and oxygen atoms in total. The van der Waals surface area contributed by atoms with Gasteiger partial charge in [-0.15, -0.1) is 0 Å². The number of hydrogen-bond donors (Lipinski definition) is 0. The van der Waals surface area contributed by atoms with E-state index in [0.717, 1.165) is 0 Å². The van der Waals surface area contributed by atoms with Gasteiger partial charge in [-0.2, -0.15) is 0 Å². The zero-order chi connectivity index (χ0) is 22.0. The number of esters is 2. The van der Waals surface area contributed by atoms with Crippen LogP contribution in [0.2, 0.25) is 0 Å². The van der Waals surface area contributed by atoms with Gasteiger partial charge >= 0.3 is 11.9 Å². The predicted molar refractivity (Wildman–Crippen MR) is 110 cm³/mol. The second kappa shape index (κ2) is 8.78. The van der Waals surface area contributed by atoms with Crippen LogP contribution in [0.15, 0.2) is 60.7 Å². The number of carbonyl (C=O) groups excluding carboxylic acids is 2. The fraction of sp³-hybridized carbons (Fsp3) is 0.417. The van der Waals surface area contributed by atoms with Gasteiger partial charge in [-0.25, -0.2) is 9.59 Å². The van der Waals surface area contributed by atoms with Crippen molar-refractivity contribution in [3.05, 3.63) is 71.8 Å². The topological polar surface area (TPSA) is 80.3 Å². The van der Waals surface area contributed by atoms with Gasteiger partial charge in [0.05, 0.1) is 17.0 Å². The lowest BCUT2D eigenvalue weighted by atomic mass is 9.93. The molecule has 5 atom stereocenters. The molecule has 2 heterocycles. The summed E-state index contributed by atoms with van der Waals surface area (Å²) in [4.78, 5) is 24.9. The Balaban J connectivity index is 1.46. The van der Waals surface area contributed by atoms with Crippen LogP contribution in [0, 0.1) is 5.92 Å². The maximum Gasteiger partial charge on any atom is 0.338 e. The molecule has 2 aromatic carbocycles. The summed E-state index contributed by atoms with van der Waals surface area (Å²) in [7, 11) is 0. The Morgan fingerprint density at radius 1 is 0.935 bits per heavy atom. The maximum absolute atomic E-state index is 12.6. The highest BCUT2D eigenvalue weighted by atomic mass is 16.8. The third-order valence-electron chi connectivity index (χ3n) is 5.44. The number of benzene rings is 2. The molecule has 0 spiro atoms. The van der Waals surface area contributed by atoms with Crippen LogP contribution >= 0.6 is 0 Å². The molecule has 0 aromatic heterocycles. The summed E-state index contributed by atoms with van der Waals surface area (Å²) in [6.07, 6.45) is -2.18. The first-order valence-corrected chi connectivity index (χ1v) is 10.3. The lowest BCUT2D eigenvalue weighted by molar-refractivity contribution is -0.217. The Kier molecular flexibility index (Phi) is 6.09.